The maximum Gasteiger partial charge on any atom is 0.244 e. The molecule has 1 aliphatic rings. The Hall–Kier alpha value is -0.960. The van der Waals surface area contributed by atoms with Crippen molar-refractivity contribution < 1.29 is 13.2 Å². The minimum absolute atomic E-state index is 0.0895. The van der Waals surface area contributed by atoms with E-state index in [1.165, 1.54) is 0 Å². The molecule has 1 saturated heterocycles. The van der Waals surface area contributed by atoms with Gasteiger partial charge in [0.25, 0.3) is 0 Å². The third-order valence-electron chi connectivity index (χ3n) is 3.74. The van der Waals surface area contributed by atoms with Crippen molar-refractivity contribution in [1.82, 2.24) is 14.9 Å². The van der Waals surface area contributed by atoms with Gasteiger partial charge in [0.2, 0.25) is 10.0 Å². The Kier molecular flexibility index (Phi) is 4.79. The Morgan fingerprint density at radius 2 is 2.15 bits per heavy atom. The standard InChI is InChI=1S/C12H22N4O3S/c1-8(10-3-5-19-6-4-10)16-20(17,18)12-9(2)14-15-11(12)7-13/h8,10,16H,3-7,13H2,1-2H3,(H,14,15). The van der Waals surface area contributed by atoms with Crippen LogP contribution < -0.4 is 10.5 Å². The van der Waals surface area contributed by atoms with Gasteiger partial charge in [-0.3, -0.25) is 5.10 Å². The molecule has 8 heteroatoms. The number of aryl methyl sites for hydroxylation is 1. The number of sulfonamides is 1. The number of rotatable bonds is 5. The molecule has 1 atom stereocenters. The van der Waals surface area contributed by atoms with Gasteiger partial charge in [-0.25, -0.2) is 13.1 Å². The Balaban J connectivity index is 2.16. The molecular formula is C12H22N4O3S. The van der Waals surface area contributed by atoms with Crippen molar-refractivity contribution >= 4 is 10.0 Å². The zero-order valence-electron chi connectivity index (χ0n) is 11.8. The molecule has 2 rings (SSSR count). The van der Waals surface area contributed by atoms with Crippen molar-refractivity contribution in [2.24, 2.45) is 11.7 Å². The third-order valence-corrected chi connectivity index (χ3v) is 5.50. The first-order valence-electron chi connectivity index (χ1n) is 6.79. The van der Waals surface area contributed by atoms with Crippen LogP contribution in [0.4, 0.5) is 0 Å². The minimum atomic E-state index is -3.60. The number of H-pyrrole nitrogens is 1. The predicted octanol–water partition coefficient (Wildman–Crippen LogP) is 0.270. The van der Waals surface area contributed by atoms with E-state index in [1.807, 2.05) is 6.92 Å². The average Bonchev–Trinajstić information content (AvgIpc) is 2.81. The molecule has 0 saturated carbocycles. The first-order valence-corrected chi connectivity index (χ1v) is 8.28. The van der Waals surface area contributed by atoms with E-state index in [0.717, 1.165) is 12.8 Å². The van der Waals surface area contributed by atoms with Crippen molar-refractivity contribution in [3.8, 4) is 0 Å². The highest BCUT2D eigenvalue weighted by Gasteiger charge is 2.29. The molecule has 1 fully saturated rings. The summed E-state index contributed by atoms with van der Waals surface area (Å²) in [6.07, 6.45) is 1.75. The topological polar surface area (TPSA) is 110 Å². The lowest BCUT2D eigenvalue weighted by atomic mass is 9.94. The quantitative estimate of drug-likeness (QED) is 0.723. The number of nitrogens with two attached hydrogens (primary N) is 1. The van der Waals surface area contributed by atoms with Gasteiger partial charge in [0.15, 0.2) is 0 Å². The van der Waals surface area contributed by atoms with E-state index in [1.54, 1.807) is 6.92 Å². The van der Waals surface area contributed by atoms with Crippen molar-refractivity contribution in [1.29, 1.82) is 0 Å². The Morgan fingerprint density at radius 3 is 2.75 bits per heavy atom. The maximum atomic E-state index is 12.5. The minimum Gasteiger partial charge on any atom is -0.381 e. The van der Waals surface area contributed by atoms with Crippen LogP contribution in [-0.4, -0.2) is 37.9 Å². The second kappa shape index (κ2) is 6.21. The van der Waals surface area contributed by atoms with Crippen LogP contribution in [0.1, 0.15) is 31.2 Å². The van der Waals surface area contributed by atoms with Gasteiger partial charge < -0.3 is 10.5 Å². The van der Waals surface area contributed by atoms with Crippen LogP contribution in [0.3, 0.4) is 0 Å². The number of ether oxygens (including phenoxy) is 1. The predicted molar refractivity (Wildman–Crippen MR) is 74.5 cm³/mol. The summed E-state index contributed by atoms with van der Waals surface area (Å²) in [4.78, 5) is 0.180. The Morgan fingerprint density at radius 1 is 1.50 bits per heavy atom. The van der Waals surface area contributed by atoms with E-state index in [4.69, 9.17) is 10.5 Å². The highest BCUT2D eigenvalue weighted by molar-refractivity contribution is 7.89. The van der Waals surface area contributed by atoms with Gasteiger partial charge in [0.05, 0.1) is 11.4 Å². The molecule has 0 spiro atoms. The van der Waals surface area contributed by atoms with Crippen molar-refractivity contribution in [2.45, 2.75) is 44.2 Å². The first-order chi connectivity index (χ1) is 9.45. The van der Waals surface area contributed by atoms with Crippen LogP contribution in [0.15, 0.2) is 4.90 Å². The fraction of sp³-hybridized carbons (Fsp3) is 0.750. The highest BCUT2D eigenvalue weighted by atomic mass is 32.2. The molecule has 0 aromatic carbocycles. The largest absolute Gasteiger partial charge is 0.381 e. The third kappa shape index (κ3) is 3.20. The van der Waals surface area contributed by atoms with E-state index in [9.17, 15) is 8.42 Å². The van der Waals surface area contributed by atoms with Crippen LogP contribution in [0.2, 0.25) is 0 Å². The van der Waals surface area contributed by atoms with Gasteiger partial charge in [-0.05, 0) is 32.6 Å². The van der Waals surface area contributed by atoms with Gasteiger partial charge >= 0.3 is 0 Å². The molecule has 20 heavy (non-hydrogen) atoms. The SMILES string of the molecule is Cc1[nH]nc(CN)c1S(=O)(=O)NC(C)C1CCOCC1. The van der Waals surface area contributed by atoms with Crippen molar-refractivity contribution in [2.75, 3.05) is 13.2 Å². The molecule has 0 amide bonds. The second-order valence-electron chi connectivity index (χ2n) is 5.19. The maximum absolute atomic E-state index is 12.5. The van der Waals surface area contributed by atoms with Crippen LogP contribution in [-0.2, 0) is 21.3 Å². The molecule has 4 N–H and O–H groups in total. The summed E-state index contributed by atoms with van der Waals surface area (Å²) in [6.45, 7) is 5.04. The van der Waals surface area contributed by atoms with E-state index >= 15 is 0 Å². The average molecular weight is 302 g/mol. The van der Waals surface area contributed by atoms with Gasteiger partial charge in [-0.1, -0.05) is 0 Å². The Bertz CT molecular complexity index is 549. The molecule has 1 aliphatic heterocycles. The van der Waals surface area contributed by atoms with Crippen molar-refractivity contribution in [3.63, 3.8) is 0 Å². The van der Waals surface area contributed by atoms with Crippen LogP contribution in [0, 0.1) is 12.8 Å². The summed E-state index contributed by atoms with van der Waals surface area (Å²) in [6, 6.07) is -0.135. The molecule has 2 heterocycles. The van der Waals surface area contributed by atoms with Crippen LogP contribution in [0.25, 0.3) is 0 Å². The molecule has 1 unspecified atom stereocenters. The van der Waals surface area contributed by atoms with E-state index in [0.29, 0.717) is 30.5 Å². The Labute approximate surface area is 119 Å². The van der Waals surface area contributed by atoms with Crippen LogP contribution >= 0.6 is 0 Å². The normalized spacial score (nSPS) is 19.1. The van der Waals surface area contributed by atoms with E-state index < -0.39 is 10.0 Å². The fourth-order valence-electron chi connectivity index (χ4n) is 2.58. The summed E-state index contributed by atoms with van der Waals surface area (Å²) in [5.41, 5.74) is 6.42. The molecule has 0 bridgehead atoms. The van der Waals surface area contributed by atoms with Gasteiger partial charge in [-0.15, -0.1) is 0 Å². The van der Waals surface area contributed by atoms with Gasteiger partial charge in [-0.2, -0.15) is 5.10 Å². The number of hydrogen-bond donors (Lipinski definition) is 3. The monoisotopic (exact) mass is 302 g/mol. The summed E-state index contributed by atoms with van der Waals surface area (Å²) >= 11 is 0. The molecule has 7 nitrogen and oxygen atoms in total. The zero-order chi connectivity index (χ0) is 14.8. The summed E-state index contributed by atoms with van der Waals surface area (Å²) in [5.74, 6) is 0.298. The summed E-state index contributed by atoms with van der Waals surface area (Å²) in [7, 11) is -3.60. The lowest BCUT2D eigenvalue weighted by Crippen LogP contribution is -2.40. The second-order valence-corrected chi connectivity index (χ2v) is 6.84. The number of aromatic nitrogens is 2. The molecule has 0 aliphatic carbocycles. The number of aromatic amines is 1. The fourth-order valence-corrected chi connectivity index (χ4v) is 4.27. The molecule has 114 valence electrons. The molecule has 0 radical (unpaired) electrons. The lowest BCUT2D eigenvalue weighted by molar-refractivity contribution is 0.0585. The van der Waals surface area contributed by atoms with Crippen LogP contribution in [0.5, 0.6) is 0 Å². The van der Waals surface area contributed by atoms with E-state index in [-0.39, 0.29) is 17.5 Å². The molecule has 1 aromatic heterocycles. The molecular weight excluding hydrogens is 280 g/mol. The number of hydrogen-bond acceptors (Lipinski definition) is 5. The summed E-state index contributed by atoms with van der Waals surface area (Å²) in [5, 5.41) is 6.61. The van der Waals surface area contributed by atoms with Crippen molar-refractivity contribution in [3.05, 3.63) is 11.4 Å². The smallest absolute Gasteiger partial charge is 0.244 e. The molecule has 1 aromatic rings. The van der Waals surface area contributed by atoms with E-state index in [2.05, 4.69) is 14.9 Å². The zero-order valence-corrected chi connectivity index (χ0v) is 12.7. The van der Waals surface area contributed by atoms with Gasteiger partial charge in [0.1, 0.15) is 4.90 Å². The lowest BCUT2D eigenvalue weighted by Gasteiger charge is -2.28. The number of nitrogens with zero attached hydrogens (tertiary/aromatic N) is 1. The summed E-state index contributed by atoms with van der Waals surface area (Å²) < 4.78 is 33.0. The first kappa shape index (κ1) is 15.4. The highest BCUT2D eigenvalue weighted by Crippen LogP contribution is 2.22. The number of nitrogens with one attached hydrogen (secondary N) is 2. The van der Waals surface area contributed by atoms with Gasteiger partial charge in [0, 0.05) is 25.8 Å².